The maximum absolute atomic E-state index is 12.9. The topological polar surface area (TPSA) is 82.1 Å². The van der Waals surface area contributed by atoms with Crippen LogP contribution in [0.5, 0.6) is 0 Å². The van der Waals surface area contributed by atoms with Gasteiger partial charge in [-0.3, -0.25) is 18.7 Å². The third-order valence-electron chi connectivity index (χ3n) is 5.85. The molecular formula is C20H31N5O3S. The standard InChI is InChI=1S/C20H31N5O3S/c1-6-7-11-24-16-17(22(4)20(28)23(5)18(16)27)21-19(24)29-12-15(26)25-13(2)9-8-10-14(25)3/h13-14H,6-12H2,1-5H3/t13-,14+. The first-order valence-electron chi connectivity index (χ1n) is 10.4. The summed E-state index contributed by atoms with van der Waals surface area (Å²) in [6.45, 7) is 6.93. The highest BCUT2D eigenvalue weighted by molar-refractivity contribution is 7.99. The quantitative estimate of drug-likeness (QED) is 0.667. The molecule has 2 aromatic heterocycles. The Hall–Kier alpha value is -2.03. The molecule has 0 aliphatic carbocycles. The van der Waals surface area contributed by atoms with Gasteiger partial charge in [0, 0.05) is 32.7 Å². The van der Waals surface area contributed by atoms with Crippen LogP contribution in [-0.4, -0.2) is 47.3 Å². The lowest BCUT2D eigenvalue weighted by molar-refractivity contribution is -0.134. The van der Waals surface area contributed by atoms with Crippen LogP contribution in [0.25, 0.3) is 11.2 Å². The number of thioether (sulfide) groups is 1. The van der Waals surface area contributed by atoms with Crippen LogP contribution in [0.3, 0.4) is 0 Å². The molecule has 0 N–H and O–H groups in total. The highest BCUT2D eigenvalue weighted by Crippen LogP contribution is 2.26. The average molecular weight is 422 g/mol. The van der Waals surface area contributed by atoms with E-state index in [1.807, 2.05) is 9.47 Å². The molecule has 2 aromatic rings. The van der Waals surface area contributed by atoms with Gasteiger partial charge >= 0.3 is 5.69 Å². The van der Waals surface area contributed by atoms with Crippen molar-refractivity contribution in [2.45, 2.75) is 76.7 Å². The van der Waals surface area contributed by atoms with E-state index in [-0.39, 0.29) is 29.3 Å². The highest BCUT2D eigenvalue weighted by Gasteiger charge is 2.29. The van der Waals surface area contributed by atoms with Crippen LogP contribution in [0.1, 0.15) is 52.9 Å². The fourth-order valence-corrected chi connectivity index (χ4v) is 5.07. The second-order valence-corrected chi connectivity index (χ2v) is 8.94. The minimum Gasteiger partial charge on any atom is -0.337 e. The summed E-state index contributed by atoms with van der Waals surface area (Å²) < 4.78 is 4.39. The molecule has 1 saturated heterocycles. The van der Waals surface area contributed by atoms with Gasteiger partial charge in [-0.1, -0.05) is 25.1 Å². The Morgan fingerprint density at radius 2 is 1.79 bits per heavy atom. The maximum atomic E-state index is 12.9. The summed E-state index contributed by atoms with van der Waals surface area (Å²) in [5.41, 5.74) is 0.0657. The summed E-state index contributed by atoms with van der Waals surface area (Å²) in [4.78, 5) is 44.6. The highest BCUT2D eigenvalue weighted by atomic mass is 32.2. The van der Waals surface area contributed by atoms with Gasteiger partial charge in [-0.2, -0.15) is 0 Å². The lowest BCUT2D eigenvalue weighted by atomic mass is 9.98. The average Bonchev–Trinajstić information content (AvgIpc) is 3.06. The zero-order valence-electron chi connectivity index (χ0n) is 18.0. The van der Waals surface area contributed by atoms with E-state index in [1.165, 1.54) is 23.4 Å². The summed E-state index contributed by atoms with van der Waals surface area (Å²) in [6, 6.07) is 0.498. The molecule has 0 radical (unpaired) electrons. The minimum atomic E-state index is -0.397. The fraction of sp³-hybridized carbons (Fsp3) is 0.700. The number of carbonyl (C=O) groups excluding carboxylic acids is 1. The van der Waals surface area contributed by atoms with E-state index in [0.29, 0.717) is 22.9 Å². The molecule has 9 heteroatoms. The molecule has 29 heavy (non-hydrogen) atoms. The first-order valence-corrected chi connectivity index (χ1v) is 11.4. The van der Waals surface area contributed by atoms with Crippen molar-refractivity contribution in [1.82, 2.24) is 23.6 Å². The molecule has 0 unspecified atom stereocenters. The van der Waals surface area contributed by atoms with E-state index >= 15 is 0 Å². The number of unbranched alkanes of at least 4 members (excludes halogenated alkanes) is 1. The summed E-state index contributed by atoms with van der Waals surface area (Å²) in [5, 5.41) is 0.623. The molecule has 1 fully saturated rings. The van der Waals surface area contributed by atoms with E-state index in [1.54, 1.807) is 7.05 Å². The van der Waals surface area contributed by atoms with Crippen LogP contribution in [0.15, 0.2) is 14.7 Å². The van der Waals surface area contributed by atoms with Gasteiger partial charge in [-0.25, -0.2) is 9.78 Å². The smallest absolute Gasteiger partial charge is 0.332 e. The van der Waals surface area contributed by atoms with Gasteiger partial charge in [0.2, 0.25) is 5.91 Å². The van der Waals surface area contributed by atoms with E-state index in [9.17, 15) is 14.4 Å². The third kappa shape index (κ3) is 4.01. The van der Waals surface area contributed by atoms with E-state index in [2.05, 4.69) is 25.8 Å². The largest absolute Gasteiger partial charge is 0.337 e. The Labute approximate surface area is 174 Å². The van der Waals surface area contributed by atoms with Crippen molar-refractivity contribution in [3.8, 4) is 0 Å². The van der Waals surface area contributed by atoms with Crippen molar-refractivity contribution in [2.24, 2.45) is 14.1 Å². The van der Waals surface area contributed by atoms with Crippen molar-refractivity contribution >= 4 is 28.8 Å². The number of carbonyl (C=O) groups is 1. The van der Waals surface area contributed by atoms with Gasteiger partial charge in [-0.15, -0.1) is 0 Å². The Kier molecular flexibility index (Phi) is 6.55. The van der Waals surface area contributed by atoms with E-state index in [4.69, 9.17) is 0 Å². The first kappa shape index (κ1) is 21.7. The predicted molar refractivity (Wildman–Crippen MR) is 115 cm³/mol. The number of amides is 1. The molecule has 3 rings (SSSR count). The summed E-state index contributed by atoms with van der Waals surface area (Å²) in [5.74, 6) is 0.379. The number of fused-ring (bicyclic) bond motifs is 1. The molecule has 0 spiro atoms. The molecule has 1 amide bonds. The van der Waals surface area contributed by atoms with Gasteiger partial charge in [0.25, 0.3) is 5.56 Å². The zero-order chi connectivity index (χ0) is 21.3. The maximum Gasteiger partial charge on any atom is 0.332 e. The van der Waals surface area contributed by atoms with Crippen LogP contribution in [-0.2, 0) is 25.4 Å². The van der Waals surface area contributed by atoms with Gasteiger partial charge in [0.05, 0.1) is 5.75 Å². The predicted octanol–water partition coefficient (Wildman–Crippen LogP) is 2.12. The van der Waals surface area contributed by atoms with Crippen molar-refractivity contribution in [2.75, 3.05) is 5.75 Å². The van der Waals surface area contributed by atoms with Gasteiger partial charge in [0.1, 0.15) is 0 Å². The normalized spacial score (nSPS) is 19.8. The van der Waals surface area contributed by atoms with E-state index in [0.717, 1.165) is 36.7 Å². The van der Waals surface area contributed by atoms with Gasteiger partial charge in [0.15, 0.2) is 16.3 Å². The molecule has 0 aromatic carbocycles. The summed E-state index contributed by atoms with van der Waals surface area (Å²) in [7, 11) is 3.11. The third-order valence-corrected chi connectivity index (χ3v) is 6.82. The number of rotatable bonds is 6. The lowest BCUT2D eigenvalue weighted by Gasteiger charge is -2.39. The summed E-state index contributed by atoms with van der Waals surface area (Å²) >= 11 is 1.36. The Morgan fingerprint density at radius 3 is 2.41 bits per heavy atom. The van der Waals surface area contributed by atoms with Crippen LogP contribution in [0.4, 0.5) is 0 Å². The zero-order valence-corrected chi connectivity index (χ0v) is 18.8. The molecular weight excluding hydrogens is 390 g/mol. The number of imidazole rings is 1. The molecule has 160 valence electrons. The second-order valence-electron chi connectivity index (χ2n) is 8.00. The number of nitrogens with zero attached hydrogens (tertiary/aromatic N) is 5. The van der Waals surface area contributed by atoms with Crippen LogP contribution in [0.2, 0.25) is 0 Å². The van der Waals surface area contributed by atoms with Gasteiger partial charge in [-0.05, 0) is 39.5 Å². The molecule has 3 heterocycles. The molecule has 2 atom stereocenters. The fourth-order valence-electron chi connectivity index (χ4n) is 4.17. The molecule has 0 bridgehead atoms. The Bertz CT molecular complexity index is 1010. The summed E-state index contributed by atoms with van der Waals surface area (Å²) in [6.07, 6.45) is 5.09. The molecule has 1 aliphatic heterocycles. The van der Waals surface area contributed by atoms with Crippen LogP contribution >= 0.6 is 11.8 Å². The lowest BCUT2D eigenvalue weighted by Crippen LogP contribution is -2.48. The number of likely N-dealkylation sites (tertiary alicyclic amines) is 1. The minimum absolute atomic E-state index is 0.102. The Morgan fingerprint density at radius 1 is 1.14 bits per heavy atom. The Balaban J connectivity index is 1.95. The van der Waals surface area contributed by atoms with E-state index < -0.39 is 5.69 Å². The monoisotopic (exact) mass is 421 g/mol. The number of hydrogen-bond donors (Lipinski definition) is 0. The number of piperidine rings is 1. The number of aromatic nitrogens is 4. The first-order chi connectivity index (χ1) is 13.8. The second kappa shape index (κ2) is 8.77. The molecule has 8 nitrogen and oxygen atoms in total. The van der Waals surface area contributed by atoms with Crippen molar-refractivity contribution < 1.29 is 4.79 Å². The van der Waals surface area contributed by atoms with Crippen molar-refractivity contribution in [1.29, 1.82) is 0 Å². The van der Waals surface area contributed by atoms with Crippen LogP contribution in [0, 0.1) is 0 Å². The molecule has 0 saturated carbocycles. The number of aryl methyl sites for hydroxylation is 2. The van der Waals surface area contributed by atoms with Crippen LogP contribution < -0.4 is 11.2 Å². The van der Waals surface area contributed by atoms with Crippen molar-refractivity contribution in [3.05, 3.63) is 20.8 Å². The SMILES string of the molecule is CCCCn1c(SCC(=O)N2[C@H](C)CCC[C@@H]2C)nc2c1c(=O)n(C)c(=O)n2C. The van der Waals surface area contributed by atoms with Gasteiger partial charge < -0.3 is 9.47 Å². The number of hydrogen-bond acceptors (Lipinski definition) is 5. The molecule has 1 aliphatic rings. The van der Waals surface area contributed by atoms with Crippen molar-refractivity contribution in [3.63, 3.8) is 0 Å².